The van der Waals surface area contributed by atoms with Crippen LogP contribution in [0.2, 0.25) is 0 Å². The van der Waals surface area contributed by atoms with Gasteiger partial charge in [-0.15, -0.1) is 0 Å². The molecule has 2 aliphatic carbocycles. The first-order chi connectivity index (χ1) is 23.7. The van der Waals surface area contributed by atoms with Crippen molar-refractivity contribution in [3.05, 3.63) is 191 Å². The number of rotatable bonds is 4. The maximum atomic E-state index is 2.57. The van der Waals surface area contributed by atoms with Crippen LogP contribution in [0.1, 0.15) is 73.6 Å². The topological polar surface area (TPSA) is 0 Å². The fourth-order valence-electron chi connectivity index (χ4n) is 8.78. The fraction of sp³-hybridized carbons (Fsp3) is 0.167. The first-order valence-corrected chi connectivity index (χ1v) is 18.4. The summed E-state index contributed by atoms with van der Waals surface area (Å²) in [7, 11) is 1.21. The molecule has 0 unspecified atom stereocenters. The fourth-order valence-corrected chi connectivity index (χ4v) is 9.87. The Kier molecular flexibility index (Phi) is 6.72. The number of hydrogen-bond donors (Lipinski definition) is 0. The number of benzene rings is 7. The lowest BCUT2D eigenvalue weighted by Gasteiger charge is -2.36. The molecule has 7 aromatic rings. The molecule has 0 fully saturated rings. The Morgan fingerprint density at radius 3 is 1.69 bits per heavy atom. The van der Waals surface area contributed by atoms with Gasteiger partial charge in [-0.2, -0.15) is 5.30 Å². The molecule has 0 spiro atoms. The van der Waals surface area contributed by atoms with Crippen LogP contribution in [0.4, 0.5) is 0 Å². The summed E-state index contributed by atoms with van der Waals surface area (Å²) in [5, 5.41) is 5.32. The largest absolute Gasteiger partial charge is 0.472 e. The van der Waals surface area contributed by atoms with Crippen LogP contribution in [0.5, 0.6) is 0 Å². The second-order valence-electron chi connectivity index (χ2n) is 15.4. The summed E-state index contributed by atoms with van der Waals surface area (Å²) in [5.74, 6) is 0. The number of fused-ring (bicyclic) bond motifs is 8. The maximum Gasteiger partial charge on any atom is 0.0713 e. The minimum atomic E-state index is -0.478. The average Bonchev–Trinajstić information content (AvgIpc) is 3.53. The molecular weight excluding hydrogens is 608 g/mol. The van der Waals surface area contributed by atoms with E-state index in [0.29, 0.717) is 0 Å². The van der Waals surface area contributed by atoms with E-state index in [9.17, 15) is 0 Å². The Balaban J connectivity index is 1.39. The van der Waals surface area contributed by atoms with Crippen LogP contribution in [-0.4, -0.2) is 0 Å². The van der Waals surface area contributed by atoms with E-state index in [4.69, 9.17) is 0 Å². The van der Waals surface area contributed by atoms with E-state index in [0.717, 1.165) is 0 Å². The van der Waals surface area contributed by atoms with Gasteiger partial charge < -0.3 is 8.58 Å². The van der Waals surface area contributed by atoms with Crippen molar-refractivity contribution < 1.29 is 0 Å². The summed E-state index contributed by atoms with van der Waals surface area (Å²) in [5.41, 5.74) is 14.6. The molecule has 7 aromatic carbocycles. The molecule has 0 nitrogen and oxygen atoms in total. The lowest BCUT2D eigenvalue weighted by atomic mass is 9.67. The molecule has 238 valence electrons. The van der Waals surface area contributed by atoms with E-state index in [1.807, 2.05) is 0 Å². The summed E-state index contributed by atoms with van der Waals surface area (Å²) in [6.07, 6.45) is 0. The van der Waals surface area contributed by atoms with Gasteiger partial charge in [-0.1, -0.05) is 174 Å². The molecule has 0 saturated carbocycles. The molecule has 0 saturated heterocycles. The van der Waals surface area contributed by atoms with Gasteiger partial charge in [-0.3, -0.25) is 0 Å². The number of hydrogen-bond acceptors (Lipinski definition) is 0. The molecule has 1 heteroatoms. The van der Waals surface area contributed by atoms with Crippen molar-refractivity contribution in [3.8, 4) is 22.3 Å². The third kappa shape index (κ3) is 4.40. The molecule has 0 aliphatic heterocycles. The van der Waals surface area contributed by atoms with Crippen LogP contribution in [0.3, 0.4) is 0 Å². The molecule has 0 heterocycles. The van der Waals surface area contributed by atoms with E-state index in [-0.39, 0.29) is 10.8 Å². The zero-order valence-electron chi connectivity index (χ0n) is 28.9. The molecule has 49 heavy (non-hydrogen) atoms. The van der Waals surface area contributed by atoms with Gasteiger partial charge in [0, 0.05) is 5.41 Å². The zero-order chi connectivity index (χ0) is 33.5. The smallest absolute Gasteiger partial charge is 0.0713 e. The van der Waals surface area contributed by atoms with Crippen molar-refractivity contribution in [2.45, 2.75) is 50.9 Å². The molecule has 0 radical (unpaired) electrons. The molecule has 0 N–H and O–H groups in total. The van der Waals surface area contributed by atoms with E-state index < -0.39 is 5.41 Å². The summed E-state index contributed by atoms with van der Waals surface area (Å²) < 4.78 is 0. The first kappa shape index (κ1) is 30.3. The predicted molar refractivity (Wildman–Crippen MR) is 210 cm³/mol. The van der Waals surface area contributed by atoms with Crippen molar-refractivity contribution in [2.75, 3.05) is 0 Å². The van der Waals surface area contributed by atoms with Crippen molar-refractivity contribution in [3.63, 3.8) is 0 Å². The maximum absolute atomic E-state index is 2.57. The normalized spacial score (nSPS) is 15.3. The third-order valence-electron chi connectivity index (χ3n) is 11.2. The van der Waals surface area contributed by atoms with Crippen LogP contribution in [0, 0.1) is 0 Å². The highest BCUT2D eigenvalue weighted by Crippen LogP contribution is 2.61. The van der Waals surface area contributed by atoms with E-state index in [1.165, 1.54) is 91.2 Å². The van der Waals surface area contributed by atoms with Crippen LogP contribution in [0.25, 0.3) is 33.0 Å². The summed E-state index contributed by atoms with van der Waals surface area (Å²) in [4.78, 5) is 0. The minimum absolute atomic E-state index is 0.0839. The minimum Gasteiger partial charge on any atom is -0.472 e. The zero-order valence-corrected chi connectivity index (χ0v) is 29.8. The lowest BCUT2D eigenvalue weighted by Crippen LogP contribution is -2.29. The molecule has 9 rings (SSSR count). The Bertz CT molecular complexity index is 2350. The molecular formula is C48H40P-. The second kappa shape index (κ2) is 10.9. The van der Waals surface area contributed by atoms with Gasteiger partial charge in [0.15, 0.2) is 0 Å². The lowest BCUT2D eigenvalue weighted by molar-refractivity contribution is 0.590. The first-order valence-electron chi connectivity index (χ1n) is 17.5. The third-order valence-corrected chi connectivity index (χ3v) is 12.4. The molecule has 0 aromatic heterocycles. The summed E-state index contributed by atoms with van der Waals surface area (Å²) in [6, 6.07) is 57.6. The van der Waals surface area contributed by atoms with E-state index in [2.05, 4.69) is 186 Å². The Hall–Kier alpha value is -4.77. The molecule has 0 atom stereocenters. The van der Waals surface area contributed by atoms with Gasteiger partial charge in [-0.05, 0) is 89.5 Å². The van der Waals surface area contributed by atoms with E-state index >= 15 is 0 Å². The highest BCUT2D eigenvalue weighted by Gasteiger charge is 2.48. The van der Waals surface area contributed by atoms with Crippen LogP contribution in [0.15, 0.2) is 152 Å². The van der Waals surface area contributed by atoms with Gasteiger partial charge in [0.05, 0.1) is 5.41 Å². The quantitative estimate of drug-likeness (QED) is 0.167. The van der Waals surface area contributed by atoms with Gasteiger partial charge in [0.2, 0.25) is 0 Å². The van der Waals surface area contributed by atoms with Crippen LogP contribution >= 0.6 is 8.58 Å². The Morgan fingerprint density at radius 1 is 0.469 bits per heavy atom. The standard InChI is InChI=1S/C48H40P/c1-46(2,3)31-24-26-34(27-25-31)49-44-30-43-45(37-22-13-12-21-36(37)44)39-29-41-38(35-20-14-15-23-40(35)47(41,4)5)28-42(39)48(43,32-16-8-6-9-17-32)33-18-10-7-11-19-33/h6-30H,1-5H3/q-1. The van der Waals surface area contributed by atoms with Crippen molar-refractivity contribution >= 4 is 30.0 Å². The van der Waals surface area contributed by atoms with Gasteiger partial charge >= 0.3 is 0 Å². The SMILES string of the molecule is CC(C)(C)c1ccc([P-]c2cc3c(c4ccccc24)-c2cc4c(cc2C3(c2ccccc2)c2ccccc2)-c2ccccc2C4(C)C)cc1. The second-order valence-corrected chi connectivity index (χ2v) is 16.6. The average molecular weight is 648 g/mol. The van der Waals surface area contributed by atoms with Crippen LogP contribution in [-0.2, 0) is 16.2 Å². The van der Waals surface area contributed by atoms with E-state index in [1.54, 1.807) is 0 Å². The van der Waals surface area contributed by atoms with Gasteiger partial charge in [-0.25, -0.2) is 5.30 Å². The molecule has 2 aliphatic rings. The monoisotopic (exact) mass is 647 g/mol. The summed E-state index contributed by atoms with van der Waals surface area (Å²) in [6.45, 7) is 11.6. The van der Waals surface area contributed by atoms with Gasteiger partial charge in [0.25, 0.3) is 0 Å². The van der Waals surface area contributed by atoms with Gasteiger partial charge in [0.1, 0.15) is 0 Å². The molecule has 0 bridgehead atoms. The van der Waals surface area contributed by atoms with Crippen molar-refractivity contribution in [2.24, 2.45) is 0 Å². The van der Waals surface area contributed by atoms with Crippen LogP contribution < -0.4 is 10.6 Å². The Labute approximate surface area is 292 Å². The Morgan fingerprint density at radius 2 is 1.04 bits per heavy atom. The van der Waals surface area contributed by atoms with Crippen molar-refractivity contribution in [1.82, 2.24) is 0 Å². The van der Waals surface area contributed by atoms with Crippen molar-refractivity contribution in [1.29, 1.82) is 0 Å². The summed E-state index contributed by atoms with van der Waals surface area (Å²) >= 11 is 0. The highest BCUT2D eigenvalue weighted by atomic mass is 31.1. The predicted octanol–water partition coefficient (Wildman–Crippen LogP) is 11.7. The highest BCUT2D eigenvalue weighted by molar-refractivity contribution is 7.56. The molecule has 0 amide bonds.